The van der Waals surface area contributed by atoms with Gasteiger partial charge in [0.15, 0.2) is 0 Å². The van der Waals surface area contributed by atoms with Crippen molar-refractivity contribution < 1.29 is 9.59 Å². The zero-order chi connectivity index (χ0) is 18.2. The standard InChI is InChI=1S/C18H24N4O2S/c1-13-6-4-7-14(10-13)21-18(24)20-12-17(23)19-11-15(22(2)3)16-8-5-9-25-16/h4-10,15H,11-12H2,1-3H3,(H,19,23)(H2,20,21,24). The van der Waals surface area contributed by atoms with Crippen LogP contribution in [0.5, 0.6) is 0 Å². The highest BCUT2D eigenvalue weighted by Gasteiger charge is 2.16. The van der Waals surface area contributed by atoms with E-state index in [9.17, 15) is 9.59 Å². The van der Waals surface area contributed by atoms with Crippen LogP contribution in [-0.2, 0) is 4.79 Å². The van der Waals surface area contributed by atoms with Crippen LogP contribution in [0.1, 0.15) is 16.5 Å². The number of urea groups is 1. The number of carbonyl (C=O) groups is 2. The molecule has 1 aromatic carbocycles. The first-order valence-electron chi connectivity index (χ1n) is 8.03. The Labute approximate surface area is 152 Å². The predicted molar refractivity (Wildman–Crippen MR) is 102 cm³/mol. The van der Waals surface area contributed by atoms with Crippen molar-refractivity contribution >= 4 is 29.0 Å². The first kappa shape index (κ1) is 19.0. The minimum absolute atomic E-state index is 0.0672. The molecule has 7 heteroatoms. The summed E-state index contributed by atoms with van der Waals surface area (Å²) < 4.78 is 0. The number of carbonyl (C=O) groups excluding carboxylic acids is 2. The smallest absolute Gasteiger partial charge is 0.319 e. The van der Waals surface area contributed by atoms with Crippen molar-refractivity contribution in [2.45, 2.75) is 13.0 Å². The monoisotopic (exact) mass is 360 g/mol. The van der Waals surface area contributed by atoms with Crippen molar-refractivity contribution in [3.63, 3.8) is 0 Å². The highest BCUT2D eigenvalue weighted by Crippen LogP contribution is 2.22. The lowest BCUT2D eigenvalue weighted by atomic mass is 10.2. The van der Waals surface area contributed by atoms with Gasteiger partial charge < -0.3 is 20.9 Å². The van der Waals surface area contributed by atoms with Crippen LogP contribution in [0.3, 0.4) is 0 Å². The second-order valence-corrected chi connectivity index (χ2v) is 6.96. The average molecular weight is 360 g/mol. The van der Waals surface area contributed by atoms with Gasteiger partial charge in [-0.3, -0.25) is 4.79 Å². The fraction of sp³-hybridized carbons (Fsp3) is 0.333. The molecule has 0 saturated heterocycles. The molecule has 0 aliphatic rings. The van der Waals surface area contributed by atoms with E-state index in [0.29, 0.717) is 12.2 Å². The summed E-state index contributed by atoms with van der Waals surface area (Å²) in [5.74, 6) is -0.220. The van der Waals surface area contributed by atoms with Crippen molar-refractivity contribution in [3.8, 4) is 0 Å². The molecule has 1 heterocycles. The molecule has 25 heavy (non-hydrogen) atoms. The van der Waals surface area contributed by atoms with E-state index in [1.807, 2.05) is 50.7 Å². The van der Waals surface area contributed by atoms with Gasteiger partial charge in [0.25, 0.3) is 0 Å². The van der Waals surface area contributed by atoms with Crippen molar-refractivity contribution in [1.29, 1.82) is 0 Å². The molecule has 0 aliphatic heterocycles. The van der Waals surface area contributed by atoms with E-state index in [1.54, 1.807) is 17.4 Å². The van der Waals surface area contributed by atoms with Crippen molar-refractivity contribution in [2.24, 2.45) is 0 Å². The maximum Gasteiger partial charge on any atom is 0.319 e. The Hall–Kier alpha value is -2.38. The highest BCUT2D eigenvalue weighted by atomic mass is 32.1. The average Bonchev–Trinajstić information content (AvgIpc) is 3.07. The summed E-state index contributed by atoms with van der Waals surface area (Å²) in [6.07, 6.45) is 0. The molecule has 1 atom stereocenters. The van der Waals surface area contributed by atoms with E-state index in [0.717, 1.165) is 5.56 Å². The van der Waals surface area contributed by atoms with E-state index in [4.69, 9.17) is 0 Å². The quantitative estimate of drug-likeness (QED) is 0.711. The number of aryl methyl sites for hydroxylation is 1. The van der Waals surface area contributed by atoms with Crippen LogP contribution in [0.2, 0.25) is 0 Å². The molecular weight excluding hydrogens is 336 g/mol. The second-order valence-electron chi connectivity index (χ2n) is 5.98. The van der Waals surface area contributed by atoms with E-state index >= 15 is 0 Å². The Kier molecular flexibility index (Phi) is 6.97. The van der Waals surface area contributed by atoms with E-state index < -0.39 is 6.03 Å². The number of thiophene rings is 1. The van der Waals surface area contributed by atoms with Crippen LogP contribution in [0, 0.1) is 6.92 Å². The zero-order valence-corrected chi connectivity index (χ0v) is 15.5. The van der Waals surface area contributed by atoms with Gasteiger partial charge in [0, 0.05) is 17.1 Å². The Morgan fingerprint density at radius 1 is 1.16 bits per heavy atom. The van der Waals surface area contributed by atoms with Gasteiger partial charge in [-0.05, 0) is 50.2 Å². The molecule has 0 saturated carbocycles. The lowest BCUT2D eigenvalue weighted by molar-refractivity contribution is -0.120. The second kappa shape index (κ2) is 9.19. The third-order valence-electron chi connectivity index (χ3n) is 3.67. The molecule has 1 unspecified atom stereocenters. The fourth-order valence-electron chi connectivity index (χ4n) is 2.35. The van der Waals surface area contributed by atoms with Gasteiger partial charge in [-0.25, -0.2) is 4.79 Å². The molecule has 0 spiro atoms. The molecular formula is C18H24N4O2S. The van der Waals surface area contributed by atoms with Gasteiger partial charge in [-0.2, -0.15) is 0 Å². The number of amides is 3. The number of benzene rings is 1. The molecule has 0 aliphatic carbocycles. The lowest BCUT2D eigenvalue weighted by Gasteiger charge is -2.23. The first-order chi connectivity index (χ1) is 12.0. The van der Waals surface area contributed by atoms with Crippen LogP contribution in [0.15, 0.2) is 41.8 Å². The Morgan fingerprint density at radius 3 is 2.60 bits per heavy atom. The van der Waals surface area contributed by atoms with Crippen LogP contribution in [0.4, 0.5) is 10.5 Å². The topological polar surface area (TPSA) is 73.5 Å². The fourth-order valence-corrected chi connectivity index (χ4v) is 3.27. The van der Waals surface area contributed by atoms with Gasteiger partial charge in [0.1, 0.15) is 0 Å². The van der Waals surface area contributed by atoms with Gasteiger partial charge >= 0.3 is 6.03 Å². The van der Waals surface area contributed by atoms with Crippen molar-refractivity contribution in [1.82, 2.24) is 15.5 Å². The molecule has 0 fully saturated rings. The van der Waals surface area contributed by atoms with E-state index in [1.165, 1.54) is 4.88 Å². The molecule has 3 amide bonds. The van der Waals surface area contributed by atoms with Crippen LogP contribution >= 0.6 is 11.3 Å². The molecule has 0 radical (unpaired) electrons. The number of anilines is 1. The molecule has 2 rings (SSSR count). The largest absolute Gasteiger partial charge is 0.353 e. The number of nitrogens with one attached hydrogen (secondary N) is 3. The van der Waals surface area contributed by atoms with Crippen LogP contribution in [0.25, 0.3) is 0 Å². The Balaban J connectivity index is 1.75. The third kappa shape index (κ3) is 6.21. The summed E-state index contributed by atoms with van der Waals surface area (Å²) in [4.78, 5) is 27.1. The van der Waals surface area contributed by atoms with Gasteiger partial charge in [0.05, 0.1) is 12.6 Å². The SMILES string of the molecule is Cc1cccc(NC(=O)NCC(=O)NCC(c2cccs2)N(C)C)c1. The summed E-state index contributed by atoms with van der Waals surface area (Å²) in [7, 11) is 3.95. The summed E-state index contributed by atoms with van der Waals surface area (Å²) in [6, 6.07) is 11.2. The third-order valence-corrected chi connectivity index (χ3v) is 4.65. The van der Waals surface area contributed by atoms with E-state index in [-0.39, 0.29) is 18.5 Å². The number of likely N-dealkylation sites (N-methyl/N-ethyl adjacent to an activating group) is 1. The van der Waals surface area contributed by atoms with E-state index in [2.05, 4.69) is 26.9 Å². The maximum absolute atomic E-state index is 12.0. The van der Waals surface area contributed by atoms with Gasteiger partial charge in [0.2, 0.25) is 5.91 Å². The van der Waals surface area contributed by atoms with Crippen molar-refractivity contribution in [3.05, 3.63) is 52.2 Å². The van der Waals surface area contributed by atoms with Crippen molar-refractivity contribution in [2.75, 3.05) is 32.5 Å². The minimum atomic E-state index is -0.400. The Bertz CT molecular complexity index is 701. The van der Waals surface area contributed by atoms with Gasteiger partial charge in [-0.15, -0.1) is 11.3 Å². The summed E-state index contributed by atoms with van der Waals surface area (Å²) in [5, 5.41) is 10.2. The number of hydrogen-bond donors (Lipinski definition) is 3. The maximum atomic E-state index is 12.0. The summed E-state index contributed by atoms with van der Waals surface area (Å²) in [6.45, 7) is 2.38. The van der Waals surface area contributed by atoms with Gasteiger partial charge in [-0.1, -0.05) is 18.2 Å². The minimum Gasteiger partial charge on any atom is -0.353 e. The first-order valence-corrected chi connectivity index (χ1v) is 8.91. The van der Waals surface area contributed by atoms with Crippen LogP contribution < -0.4 is 16.0 Å². The predicted octanol–water partition coefficient (Wildman–Crippen LogP) is 2.60. The number of rotatable bonds is 7. The molecule has 3 N–H and O–H groups in total. The molecule has 6 nitrogen and oxygen atoms in total. The summed E-state index contributed by atoms with van der Waals surface area (Å²) >= 11 is 1.66. The highest BCUT2D eigenvalue weighted by molar-refractivity contribution is 7.10. The number of nitrogens with zero attached hydrogens (tertiary/aromatic N) is 1. The number of hydrogen-bond acceptors (Lipinski definition) is 4. The molecule has 0 bridgehead atoms. The summed E-state index contributed by atoms with van der Waals surface area (Å²) in [5.41, 5.74) is 1.75. The molecule has 1 aromatic heterocycles. The normalized spacial score (nSPS) is 11.8. The molecule has 2 aromatic rings. The Morgan fingerprint density at radius 2 is 1.96 bits per heavy atom. The van der Waals surface area contributed by atoms with Crippen LogP contribution in [-0.4, -0.2) is 44.0 Å². The molecule has 134 valence electrons. The zero-order valence-electron chi connectivity index (χ0n) is 14.7. The lowest BCUT2D eigenvalue weighted by Crippen LogP contribution is -2.41.